The predicted octanol–water partition coefficient (Wildman–Crippen LogP) is -0.716. The third-order valence-corrected chi connectivity index (χ3v) is 0.785. The molecule has 0 rings (SSSR count). The van der Waals surface area contributed by atoms with Crippen LogP contribution in [0.3, 0.4) is 0 Å². The Morgan fingerprint density at radius 1 is 1.44 bits per heavy atom. The number of amidine groups is 1. The highest BCUT2D eigenvalue weighted by molar-refractivity contribution is 5.90. The van der Waals surface area contributed by atoms with Gasteiger partial charge in [0.2, 0.25) is 0 Å². The summed E-state index contributed by atoms with van der Waals surface area (Å²) in [6, 6.07) is 0. The third kappa shape index (κ3) is 3.40. The third-order valence-electron chi connectivity index (χ3n) is 0.785. The van der Waals surface area contributed by atoms with Gasteiger partial charge in [0.25, 0.3) is 0 Å². The molecule has 0 amide bonds. The summed E-state index contributed by atoms with van der Waals surface area (Å²) in [5.41, 5.74) is 10.2. The van der Waals surface area contributed by atoms with Crippen LogP contribution in [0.2, 0.25) is 0 Å². The molecular weight excluding hydrogens is 116 g/mol. The second-order valence-corrected chi connectivity index (χ2v) is 1.92. The highest BCUT2D eigenvalue weighted by Gasteiger charge is 1.91. The van der Waals surface area contributed by atoms with E-state index in [4.69, 9.17) is 16.9 Å². The highest BCUT2D eigenvalue weighted by Crippen LogP contribution is 1.81. The maximum atomic E-state index is 7.16. The molecule has 4 nitrogen and oxygen atoms in total. The second-order valence-electron chi connectivity index (χ2n) is 1.92. The lowest BCUT2D eigenvalue weighted by Gasteiger charge is -2.08. The molecule has 0 spiro atoms. The van der Waals surface area contributed by atoms with E-state index in [1.54, 1.807) is 19.0 Å². The lowest BCUT2D eigenvalue weighted by atomic mass is 10.5. The minimum Gasteiger partial charge on any atom is -0.386 e. The van der Waals surface area contributed by atoms with Crippen LogP contribution < -0.4 is 11.5 Å². The number of hydrogen-bond acceptors (Lipinski definition) is 3. The number of rotatable bonds is 1. The quantitative estimate of drug-likeness (QED) is 0.322. The first-order chi connectivity index (χ1) is 4.04. The molecule has 0 bridgehead atoms. The Morgan fingerprint density at radius 2 is 1.89 bits per heavy atom. The first-order valence-electron chi connectivity index (χ1n) is 2.52. The van der Waals surface area contributed by atoms with Crippen LogP contribution >= 0.6 is 0 Å². The van der Waals surface area contributed by atoms with E-state index >= 15 is 0 Å². The van der Waals surface area contributed by atoms with Crippen LogP contribution in [-0.2, 0) is 0 Å². The maximum Gasteiger partial charge on any atom is 0.123 e. The van der Waals surface area contributed by atoms with Gasteiger partial charge in [-0.1, -0.05) is 0 Å². The Hall–Kier alpha value is -1.19. The number of likely N-dealkylation sites (N-methyl/N-ethyl adjacent to an activating group) is 1. The van der Waals surface area contributed by atoms with Crippen LogP contribution in [0.15, 0.2) is 11.9 Å². The average molecular weight is 128 g/mol. The molecule has 0 fully saturated rings. The minimum absolute atomic E-state index is 0.161. The maximum absolute atomic E-state index is 7.16. The lowest BCUT2D eigenvalue weighted by Crippen LogP contribution is -2.21. The van der Waals surface area contributed by atoms with Crippen LogP contribution in [0.1, 0.15) is 0 Å². The fourth-order valence-corrected chi connectivity index (χ4v) is 0.287. The monoisotopic (exact) mass is 128 g/mol. The second kappa shape index (κ2) is 2.96. The van der Waals surface area contributed by atoms with Crippen LogP contribution in [0.5, 0.6) is 0 Å². The van der Waals surface area contributed by atoms with Gasteiger partial charge in [0.05, 0.1) is 5.82 Å². The predicted molar refractivity (Wildman–Crippen MR) is 37.9 cm³/mol. The van der Waals surface area contributed by atoms with Gasteiger partial charge < -0.3 is 16.4 Å². The van der Waals surface area contributed by atoms with Crippen molar-refractivity contribution in [2.45, 2.75) is 0 Å². The molecule has 4 heteroatoms. The van der Waals surface area contributed by atoms with Crippen LogP contribution in [-0.4, -0.2) is 24.8 Å². The molecule has 0 atom stereocenters. The molecule has 0 heterocycles. The molecular formula is C5H12N4. The molecule has 0 aromatic rings. The molecule has 5 N–H and O–H groups in total. The molecule has 0 aliphatic rings. The molecule has 0 aliphatic carbocycles. The summed E-state index contributed by atoms with van der Waals surface area (Å²) < 4.78 is 0. The van der Waals surface area contributed by atoms with Crippen molar-refractivity contribution in [3.63, 3.8) is 0 Å². The first kappa shape index (κ1) is 7.81. The summed E-state index contributed by atoms with van der Waals surface area (Å²) >= 11 is 0. The van der Waals surface area contributed by atoms with E-state index in [0.717, 1.165) is 0 Å². The number of nitrogens with two attached hydrogens (primary N) is 2. The topological polar surface area (TPSA) is 79.1 Å². The van der Waals surface area contributed by atoms with Crippen molar-refractivity contribution in [2.24, 2.45) is 11.5 Å². The van der Waals surface area contributed by atoms with Crippen molar-refractivity contribution in [1.82, 2.24) is 4.90 Å². The number of nitrogens with one attached hydrogen (secondary N) is 1. The Labute approximate surface area is 54.6 Å². The number of hydrogen-bond donors (Lipinski definition) is 3. The Bertz CT molecular complexity index is 132. The zero-order chi connectivity index (χ0) is 7.44. The Morgan fingerprint density at radius 3 is 2.00 bits per heavy atom. The van der Waals surface area contributed by atoms with Crippen LogP contribution in [0, 0.1) is 5.41 Å². The van der Waals surface area contributed by atoms with Gasteiger partial charge in [0, 0.05) is 20.2 Å². The molecule has 9 heavy (non-hydrogen) atoms. The number of nitrogens with zero attached hydrogens (tertiary/aromatic N) is 1. The van der Waals surface area contributed by atoms with Gasteiger partial charge in [-0.3, -0.25) is 5.41 Å². The average Bonchev–Trinajstić information content (AvgIpc) is 1.63. The van der Waals surface area contributed by atoms with Crippen LogP contribution in [0.4, 0.5) is 0 Å². The smallest absolute Gasteiger partial charge is 0.123 e. The fraction of sp³-hybridized carbons (Fsp3) is 0.400. The summed E-state index contributed by atoms with van der Waals surface area (Å²) in [7, 11) is 3.50. The summed E-state index contributed by atoms with van der Waals surface area (Å²) in [6.45, 7) is 0. The van der Waals surface area contributed by atoms with Gasteiger partial charge in [-0.2, -0.15) is 0 Å². The first-order valence-corrected chi connectivity index (χ1v) is 2.52. The molecule has 0 saturated carbocycles. The molecule has 0 unspecified atom stereocenters. The van der Waals surface area contributed by atoms with E-state index in [9.17, 15) is 0 Å². The van der Waals surface area contributed by atoms with Crippen molar-refractivity contribution < 1.29 is 0 Å². The Kier molecular flexibility index (Phi) is 2.57. The van der Waals surface area contributed by atoms with E-state index < -0.39 is 0 Å². The van der Waals surface area contributed by atoms with Gasteiger partial charge >= 0.3 is 0 Å². The van der Waals surface area contributed by atoms with Crippen molar-refractivity contribution in [3.8, 4) is 0 Å². The summed E-state index contributed by atoms with van der Waals surface area (Å²) in [6.07, 6.45) is 1.39. The minimum atomic E-state index is 0.161. The molecule has 0 radical (unpaired) electrons. The van der Waals surface area contributed by atoms with E-state index in [-0.39, 0.29) is 5.82 Å². The standard InChI is InChI=1S/C5H12N4/c1-9(2)5(8)3-4(6)7/h3,8H,6-7H2,1-2H3. The fourth-order valence-electron chi connectivity index (χ4n) is 0.287. The SMILES string of the molecule is CN(C)C(=N)C=C(N)N. The van der Waals surface area contributed by atoms with E-state index in [1.807, 2.05) is 0 Å². The largest absolute Gasteiger partial charge is 0.386 e. The van der Waals surface area contributed by atoms with Gasteiger partial charge in [-0.25, -0.2) is 0 Å². The summed E-state index contributed by atoms with van der Waals surface area (Å²) in [5, 5.41) is 7.16. The molecule has 0 saturated heterocycles. The highest BCUT2D eigenvalue weighted by atomic mass is 15.1. The summed E-state index contributed by atoms with van der Waals surface area (Å²) in [5.74, 6) is 0.462. The van der Waals surface area contributed by atoms with Gasteiger partial charge in [-0.15, -0.1) is 0 Å². The van der Waals surface area contributed by atoms with Gasteiger partial charge in [-0.05, 0) is 0 Å². The van der Waals surface area contributed by atoms with E-state index in [1.165, 1.54) is 6.08 Å². The van der Waals surface area contributed by atoms with E-state index in [2.05, 4.69) is 0 Å². The molecule has 0 aromatic carbocycles. The summed E-state index contributed by atoms with van der Waals surface area (Å²) in [4.78, 5) is 1.61. The lowest BCUT2D eigenvalue weighted by molar-refractivity contribution is 0.621. The van der Waals surface area contributed by atoms with Crippen molar-refractivity contribution in [3.05, 3.63) is 11.9 Å². The zero-order valence-electron chi connectivity index (χ0n) is 5.68. The molecule has 0 aliphatic heterocycles. The van der Waals surface area contributed by atoms with Crippen molar-refractivity contribution >= 4 is 5.84 Å². The molecule has 0 aromatic heterocycles. The van der Waals surface area contributed by atoms with Crippen molar-refractivity contribution in [2.75, 3.05) is 14.1 Å². The van der Waals surface area contributed by atoms with Gasteiger partial charge in [0.15, 0.2) is 0 Å². The molecule has 52 valence electrons. The van der Waals surface area contributed by atoms with Crippen LogP contribution in [0.25, 0.3) is 0 Å². The van der Waals surface area contributed by atoms with Crippen molar-refractivity contribution in [1.29, 1.82) is 5.41 Å². The van der Waals surface area contributed by atoms with E-state index in [0.29, 0.717) is 5.84 Å². The van der Waals surface area contributed by atoms with Gasteiger partial charge in [0.1, 0.15) is 5.84 Å². The normalized spacial score (nSPS) is 8.22. The Balaban J connectivity index is 3.93. The zero-order valence-corrected chi connectivity index (χ0v) is 5.68.